The van der Waals surface area contributed by atoms with E-state index in [0.717, 1.165) is 0 Å². The molecule has 6 nitrogen and oxygen atoms in total. The van der Waals surface area contributed by atoms with Crippen LogP contribution < -0.4 is 0 Å². The summed E-state index contributed by atoms with van der Waals surface area (Å²) in [5.41, 5.74) is 0.129. The summed E-state index contributed by atoms with van der Waals surface area (Å²) in [6, 6.07) is 2.64. The van der Waals surface area contributed by atoms with Crippen LogP contribution in [0.15, 0.2) is 12.1 Å². The van der Waals surface area contributed by atoms with Gasteiger partial charge in [0.15, 0.2) is 0 Å². The molecule has 0 fully saturated rings. The normalized spacial score (nSPS) is 10.0. The largest absolute Gasteiger partial charge is 0.475 e. The zero-order valence-corrected chi connectivity index (χ0v) is 9.52. The van der Waals surface area contributed by atoms with E-state index in [0.29, 0.717) is 5.56 Å². The molecule has 90 valence electrons. The van der Waals surface area contributed by atoms with Gasteiger partial charge < -0.3 is 5.11 Å². The summed E-state index contributed by atoms with van der Waals surface area (Å²) in [4.78, 5) is 31.5. The number of aryl methyl sites for hydroxylation is 1. The third-order valence-corrected chi connectivity index (χ3v) is 2.71. The third-order valence-electron chi connectivity index (χ3n) is 2.18. The van der Waals surface area contributed by atoms with Crippen molar-refractivity contribution in [2.45, 2.75) is 13.3 Å². The van der Waals surface area contributed by atoms with E-state index in [1.807, 2.05) is 0 Å². The van der Waals surface area contributed by atoms with Crippen molar-refractivity contribution >= 4 is 29.0 Å². The fourth-order valence-corrected chi connectivity index (χ4v) is 1.53. The molecule has 0 saturated heterocycles. The Balaban J connectivity index is 3.28. The standard InChI is InChI=1S/C10H8ClNO5/c1-5-2-3-7(12(16)17)6(9(5)11)4-8(13)10(14)15/h2-3H,4H2,1H3,(H,14,15). The predicted octanol–water partition coefficient (Wildman–Crippen LogP) is 1.75. The number of carboxylic acids is 1. The number of hydrogen-bond acceptors (Lipinski definition) is 4. The highest BCUT2D eigenvalue weighted by atomic mass is 35.5. The summed E-state index contributed by atoms with van der Waals surface area (Å²) < 4.78 is 0. The number of Topliss-reactive ketones (excluding diaryl/α,β-unsaturated/α-hetero) is 1. The Morgan fingerprint density at radius 2 is 2.06 bits per heavy atom. The Morgan fingerprint density at radius 3 is 2.53 bits per heavy atom. The van der Waals surface area contributed by atoms with Crippen LogP contribution in [0.2, 0.25) is 5.02 Å². The molecule has 0 aromatic heterocycles. The van der Waals surface area contributed by atoms with E-state index in [1.165, 1.54) is 12.1 Å². The van der Waals surface area contributed by atoms with Crippen molar-refractivity contribution in [1.82, 2.24) is 0 Å². The molecule has 0 radical (unpaired) electrons. The van der Waals surface area contributed by atoms with E-state index in [4.69, 9.17) is 16.7 Å². The molecular formula is C10H8ClNO5. The summed E-state index contributed by atoms with van der Waals surface area (Å²) in [5, 5.41) is 19.2. The van der Waals surface area contributed by atoms with Gasteiger partial charge in [-0.3, -0.25) is 14.9 Å². The molecule has 0 heterocycles. The van der Waals surface area contributed by atoms with E-state index in [2.05, 4.69) is 0 Å². The van der Waals surface area contributed by atoms with Gasteiger partial charge in [-0.2, -0.15) is 0 Å². The SMILES string of the molecule is Cc1ccc([N+](=O)[O-])c(CC(=O)C(=O)O)c1Cl. The minimum Gasteiger partial charge on any atom is -0.475 e. The Labute approximate surface area is 101 Å². The predicted molar refractivity (Wildman–Crippen MR) is 59.2 cm³/mol. The van der Waals surface area contributed by atoms with Crippen LogP contribution in [0.4, 0.5) is 5.69 Å². The quantitative estimate of drug-likeness (QED) is 0.503. The van der Waals surface area contributed by atoms with Crippen molar-refractivity contribution in [1.29, 1.82) is 0 Å². The number of nitrogens with zero attached hydrogens (tertiary/aromatic N) is 1. The van der Waals surface area contributed by atoms with Crippen molar-refractivity contribution in [2.75, 3.05) is 0 Å². The first-order chi connectivity index (χ1) is 7.84. The van der Waals surface area contributed by atoms with Crippen LogP contribution in [0.1, 0.15) is 11.1 Å². The van der Waals surface area contributed by atoms with E-state index in [1.54, 1.807) is 6.92 Å². The highest BCUT2D eigenvalue weighted by Gasteiger charge is 2.23. The number of benzene rings is 1. The number of nitro benzene ring substituents is 1. The van der Waals surface area contributed by atoms with Crippen LogP contribution in [0, 0.1) is 17.0 Å². The number of hydrogen-bond donors (Lipinski definition) is 1. The van der Waals surface area contributed by atoms with Crippen molar-refractivity contribution in [3.8, 4) is 0 Å². The maximum absolute atomic E-state index is 11.1. The highest BCUT2D eigenvalue weighted by molar-refractivity contribution is 6.35. The first kappa shape index (κ1) is 13.1. The van der Waals surface area contributed by atoms with Gasteiger partial charge >= 0.3 is 5.97 Å². The summed E-state index contributed by atoms with van der Waals surface area (Å²) in [7, 11) is 0. The molecule has 7 heteroatoms. The second kappa shape index (κ2) is 4.92. The molecule has 17 heavy (non-hydrogen) atoms. The topological polar surface area (TPSA) is 97.5 Å². The van der Waals surface area contributed by atoms with Crippen molar-refractivity contribution in [3.05, 3.63) is 38.4 Å². The van der Waals surface area contributed by atoms with Crippen molar-refractivity contribution < 1.29 is 19.6 Å². The summed E-state index contributed by atoms with van der Waals surface area (Å²) >= 11 is 5.84. The van der Waals surface area contributed by atoms with E-state index in [-0.39, 0.29) is 16.3 Å². The van der Waals surface area contributed by atoms with Gasteiger partial charge in [-0.05, 0) is 12.5 Å². The molecular weight excluding hydrogens is 250 g/mol. The lowest BCUT2D eigenvalue weighted by Crippen LogP contribution is -2.16. The van der Waals surface area contributed by atoms with Gasteiger partial charge in [0.25, 0.3) is 5.69 Å². The maximum atomic E-state index is 11.1. The number of ketones is 1. The Bertz CT molecular complexity index is 512. The lowest BCUT2D eigenvalue weighted by atomic mass is 10.0. The van der Waals surface area contributed by atoms with Crippen molar-refractivity contribution in [3.63, 3.8) is 0 Å². The molecule has 0 aliphatic rings. The molecule has 0 bridgehead atoms. The zero-order chi connectivity index (χ0) is 13.2. The van der Waals surface area contributed by atoms with Crippen LogP contribution in [-0.2, 0) is 16.0 Å². The second-order valence-electron chi connectivity index (χ2n) is 3.36. The van der Waals surface area contributed by atoms with Crippen molar-refractivity contribution in [2.24, 2.45) is 0 Å². The first-order valence-corrected chi connectivity index (χ1v) is 4.91. The minimum atomic E-state index is -1.64. The second-order valence-corrected chi connectivity index (χ2v) is 3.73. The third kappa shape index (κ3) is 2.79. The zero-order valence-electron chi connectivity index (χ0n) is 8.77. The fraction of sp³-hybridized carbons (Fsp3) is 0.200. The molecule has 0 spiro atoms. The van der Waals surface area contributed by atoms with Crippen LogP contribution in [0.3, 0.4) is 0 Å². The van der Waals surface area contributed by atoms with Gasteiger partial charge in [-0.15, -0.1) is 0 Å². The molecule has 0 unspecified atom stereocenters. The smallest absolute Gasteiger partial charge is 0.372 e. The molecule has 0 atom stereocenters. The molecule has 1 rings (SSSR count). The lowest BCUT2D eigenvalue weighted by Gasteiger charge is -2.05. The summed E-state index contributed by atoms with van der Waals surface area (Å²) in [5.74, 6) is -2.78. The molecule has 0 aliphatic heterocycles. The first-order valence-electron chi connectivity index (χ1n) is 4.53. The summed E-state index contributed by atoms with van der Waals surface area (Å²) in [6.45, 7) is 1.61. The molecule has 0 saturated carbocycles. The van der Waals surface area contributed by atoms with Gasteiger partial charge in [0.2, 0.25) is 5.78 Å². The van der Waals surface area contributed by atoms with E-state index < -0.39 is 23.1 Å². The molecule has 0 amide bonds. The monoisotopic (exact) mass is 257 g/mol. The molecule has 0 aliphatic carbocycles. The van der Waals surface area contributed by atoms with E-state index >= 15 is 0 Å². The highest BCUT2D eigenvalue weighted by Crippen LogP contribution is 2.29. The fourth-order valence-electron chi connectivity index (χ4n) is 1.30. The van der Waals surface area contributed by atoms with E-state index in [9.17, 15) is 19.7 Å². The number of carbonyl (C=O) groups is 2. The Hall–Kier alpha value is -1.95. The molecule has 1 aromatic rings. The number of nitro groups is 1. The average Bonchev–Trinajstić information content (AvgIpc) is 2.24. The van der Waals surface area contributed by atoms with Gasteiger partial charge in [0, 0.05) is 6.07 Å². The van der Waals surface area contributed by atoms with Crippen LogP contribution >= 0.6 is 11.6 Å². The number of aliphatic carboxylic acids is 1. The number of halogens is 1. The summed E-state index contributed by atoms with van der Waals surface area (Å²) in [6.07, 6.45) is -0.591. The Kier molecular flexibility index (Phi) is 3.80. The van der Waals surface area contributed by atoms with Gasteiger partial charge in [-0.1, -0.05) is 17.7 Å². The Morgan fingerprint density at radius 1 is 1.47 bits per heavy atom. The maximum Gasteiger partial charge on any atom is 0.372 e. The molecule has 1 N–H and O–H groups in total. The van der Waals surface area contributed by atoms with Gasteiger partial charge in [-0.25, -0.2) is 4.79 Å². The van der Waals surface area contributed by atoms with Gasteiger partial charge in [0.05, 0.1) is 21.9 Å². The minimum absolute atomic E-state index is 0.0498. The van der Waals surface area contributed by atoms with Gasteiger partial charge in [0.1, 0.15) is 0 Å². The van der Waals surface area contributed by atoms with Crippen LogP contribution in [0.5, 0.6) is 0 Å². The number of carbonyl (C=O) groups excluding carboxylic acids is 1. The number of rotatable bonds is 4. The van der Waals surface area contributed by atoms with Crippen LogP contribution in [0.25, 0.3) is 0 Å². The molecule has 1 aromatic carbocycles. The number of carboxylic acid groups (broad SMARTS) is 1. The van der Waals surface area contributed by atoms with Crippen LogP contribution in [-0.4, -0.2) is 21.8 Å². The lowest BCUT2D eigenvalue weighted by molar-refractivity contribution is -0.385. The average molecular weight is 258 g/mol.